The van der Waals surface area contributed by atoms with E-state index in [1.54, 1.807) is 11.3 Å². The second-order valence-electron chi connectivity index (χ2n) is 5.97. The van der Waals surface area contributed by atoms with Gasteiger partial charge in [0.05, 0.1) is 17.2 Å². The molecule has 1 aromatic rings. The van der Waals surface area contributed by atoms with Crippen LogP contribution in [0.25, 0.3) is 0 Å². The zero-order valence-electron chi connectivity index (χ0n) is 11.8. The van der Waals surface area contributed by atoms with Crippen LogP contribution in [0.15, 0.2) is 0 Å². The fourth-order valence-corrected chi connectivity index (χ4v) is 3.96. The van der Waals surface area contributed by atoms with E-state index < -0.39 is 0 Å². The maximum atomic E-state index is 9.43. The molecule has 1 fully saturated rings. The lowest BCUT2D eigenvalue weighted by atomic mass is 9.92. The molecule has 0 radical (unpaired) electrons. The molecule has 2 rings (SSSR count). The fourth-order valence-electron chi connectivity index (χ4n) is 2.87. The predicted molar refractivity (Wildman–Crippen MR) is 77.3 cm³/mol. The van der Waals surface area contributed by atoms with E-state index in [0.29, 0.717) is 5.92 Å². The van der Waals surface area contributed by atoms with E-state index in [9.17, 15) is 5.11 Å². The van der Waals surface area contributed by atoms with Crippen molar-refractivity contribution < 1.29 is 5.11 Å². The average molecular weight is 268 g/mol. The monoisotopic (exact) mass is 268 g/mol. The second-order valence-corrected chi connectivity index (χ2v) is 7.03. The van der Waals surface area contributed by atoms with E-state index in [1.165, 1.54) is 6.42 Å². The van der Waals surface area contributed by atoms with E-state index >= 15 is 0 Å². The maximum Gasteiger partial charge on any atom is 0.185 e. The lowest BCUT2D eigenvalue weighted by Crippen LogP contribution is -2.38. The third-order valence-corrected chi connectivity index (χ3v) is 4.66. The van der Waals surface area contributed by atoms with Gasteiger partial charge in [0.25, 0.3) is 0 Å². The first-order chi connectivity index (χ1) is 8.51. The largest absolute Gasteiger partial charge is 0.391 e. The molecule has 0 spiro atoms. The molecular formula is C14H24N2OS. The number of thiazole rings is 1. The van der Waals surface area contributed by atoms with Gasteiger partial charge in [-0.2, -0.15) is 0 Å². The Morgan fingerprint density at radius 2 is 1.94 bits per heavy atom. The summed E-state index contributed by atoms with van der Waals surface area (Å²) in [7, 11) is 0. The molecule has 0 aliphatic carbocycles. The van der Waals surface area contributed by atoms with Gasteiger partial charge in [-0.05, 0) is 24.2 Å². The molecule has 4 heteroatoms. The predicted octanol–water partition coefficient (Wildman–Crippen LogP) is 3.24. The van der Waals surface area contributed by atoms with Gasteiger partial charge in [-0.25, -0.2) is 4.98 Å². The number of nitrogens with zero attached hydrogens (tertiary/aromatic N) is 2. The fraction of sp³-hybridized carbons (Fsp3) is 0.786. The number of hydrogen-bond acceptors (Lipinski definition) is 4. The van der Waals surface area contributed by atoms with Crippen molar-refractivity contribution in [2.75, 3.05) is 18.0 Å². The number of aliphatic hydroxyl groups excluding tert-OH is 1. The minimum atomic E-state index is 0.115. The molecule has 2 heterocycles. The Labute approximate surface area is 114 Å². The van der Waals surface area contributed by atoms with E-state index in [-0.39, 0.29) is 6.61 Å². The topological polar surface area (TPSA) is 36.4 Å². The number of rotatable bonds is 3. The van der Waals surface area contributed by atoms with Gasteiger partial charge in [0.15, 0.2) is 5.13 Å². The summed E-state index contributed by atoms with van der Waals surface area (Å²) >= 11 is 1.66. The number of anilines is 1. The lowest BCUT2D eigenvalue weighted by molar-refractivity contribution is 0.283. The second kappa shape index (κ2) is 5.57. The summed E-state index contributed by atoms with van der Waals surface area (Å²) in [5, 5.41) is 10.5. The Kier molecular flexibility index (Phi) is 4.28. The smallest absolute Gasteiger partial charge is 0.185 e. The molecule has 1 aromatic heterocycles. The molecule has 1 saturated heterocycles. The highest BCUT2D eigenvalue weighted by molar-refractivity contribution is 7.15. The number of piperidine rings is 1. The Balaban J connectivity index is 2.22. The van der Waals surface area contributed by atoms with Crippen molar-refractivity contribution in [2.24, 2.45) is 11.8 Å². The van der Waals surface area contributed by atoms with Gasteiger partial charge >= 0.3 is 0 Å². The van der Waals surface area contributed by atoms with Gasteiger partial charge in [-0.3, -0.25) is 0 Å². The molecule has 1 aliphatic rings. The summed E-state index contributed by atoms with van der Waals surface area (Å²) in [5.41, 5.74) is 1.07. The highest BCUT2D eigenvalue weighted by Crippen LogP contribution is 2.33. The summed E-state index contributed by atoms with van der Waals surface area (Å²) < 4.78 is 0. The van der Waals surface area contributed by atoms with Gasteiger partial charge in [0.1, 0.15) is 0 Å². The number of aliphatic hydroxyl groups is 1. The van der Waals surface area contributed by atoms with Crippen LogP contribution in [0.3, 0.4) is 0 Å². The van der Waals surface area contributed by atoms with E-state index in [2.05, 4.69) is 32.6 Å². The van der Waals surface area contributed by atoms with Crippen LogP contribution in [0.4, 0.5) is 5.13 Å². The highest BCUT2D eigenvalue weighted by atomic mass is 32.1. The minimum Gasteiger partial charge on any atom is -0.391 e. The third kappa shape index (κ3) is 2.86. The summed E-state index contributed by atoms with van der Waals surface area (Å²) in [6, 6.07) is 0. The summed E-state index contributed by atoms with van der Waals surface area (Å²) in [4.78, 5) is 8.19. The lowest BCUT2D eigenvalue weighted by Gasteiger charge is -2.34. The van der Waals surface area contributed by atoms with Crippen LogP contribution >= 0.6 is 11.3 Å². The first-order valence-corrected chi connectivity index (χ1v) is 7.68. The standard InChI is InChI=1S/C14H24N2OS/c1-9(2)13-12(8-17)18-14(15-13)16-6-10(3)5-11(4)7-16/h9-11,17H,5-8H2,1-4H3. The number of hydrogen-bond donors (Lipinski definition) is 1. The van der Waals surface area contributed by atoms with E-state index in [4.69, 9.17) is 4.98 Å². The van der Waals surface area contributed by atoms with Crippen molar-refractivity contribution in [2.45, 2.75) is 46.6 Å². The first-order valence-electron chi connectivity index (χ1n) is 6.86. The van der Waals surface area contributed by atoms with Crippen LogP contribution in [0.2, 0.25) is 0 Å². The average Bonchev–Trinajstić information content (AvgIpc) is 2.71. The third-order valence-electron chi connectivity index (χ3n) is 3.55. The van der Waals surface area contributed by atoms with Gasteiger partial charge in [-0.15, -0.1) is 0 Å². The van der Waals surface area contributed by atoms with E-state index in [1.807, 2.05) is 0 Å². The summed E-state index contributed by atoms with van der Waals surface area (Å²) in [6.07, 6.45) is 1.31. The van der Waals surface area contributed by atoms with Crippen LogP contribution in [0.1, 0.15) is 50.6 Å². The molecule has 3 nitrogen and oxygen atoms in total. The molecule has 1 aliphatic heterocycles. The Hall–Kier alpha value is -0.610. The molecule has 0 amide bonds. The van der Waals surface area contributed by atoms with Gasteiger partial charge in [-0.1, -0.05) is 39.0 Å². The molecule has 0 saturated carbocycles. The normalized spacial score (nSPS) is 24.9. The van der Waals surface area contributed by atoms with E-state index in [0.717, 1.165) is 40.6 Å². The highest BCUT2D eigenvalue weighted by Gasteiger charge is 2.25. The first kappa shape index (κ1) is 13.8. The van der Waals surface area contributed by atoms with Crippen molar-refractivity contribution in [3.8, 4) is 0 Å². The summed E-state index contributed by atoms with van der Waals surface area (Å²) in [6.45, 7) is 11.2. The van der Waals surface area contributed by atoms with Crippen molar-refractivity contribution in [3.63, 3.8) is 0 Å². The Bertz CT molecular complexity index is 392. The molecule has 0 bridgehead atoms. The zero-order chi connectivity index (χ0) is 13.3. The molecule has 1 N–H and O–H groups in total. The molecule has 0 aromatic carbocycles. The summed E-state index contributed by atoms with van der Waals surface area (Å²) in [5.74, 6) is 1.85. The van der Waals surface area contributed by atoms with Crippen molar-refractivity contribution in [1.82, 2.24) is 4.98 Å². The number of aromatic nitrogens is 1. The van der Waals surface area contributed by atoms with Crippen molar-refractivity contribution in [1.29, 1.82) is 0 Å². The quantitative estimate of drug-likeness (QED) is 0.914. The van der Waals surface area contributed by atoms with Gasteiger partial charge < -0.3 is 10.0 Å². The Morgan fingerprint density at radius 3 is 2.39 bits per heavy atom. The van der Waals surface area contributed by atoms with Crippen LogP contribution in [-0.4, -0.2) is 23.2 Å². The minimum absolute atomic E-state index is 0.115. The SMILES string of the molecule is CC1CC(C)CN(c2nc(C(C)C)c(CO)s2)C1. The van der Waals surface area contributed by atoms with Crippen LogP contribution in [-0.2, 0) is 6.61 Å². The van der Waals surface area contributed by atoms with Crippen LogP contribution < -0.4 is 4.90 Å². The maximum absolute atomic E-state index is 9.43. The molecule has 102 valence electrons. The Morgan fingerprint density at radius 1 is 1.33 bits per heavy atom. The van der Waals surface area contributed by atoms with Crippen molar-refractivity contribution >= 4 is 16.5 Å². The zero-order valence-corrected chi connectivity index (χ0v) is 12.6. The van der Waals surface area contributed by atoms with Gasteiger partial charge in [0.2, 0.25) is 0 Å². The van der Waals surface area contributed by atoms with Crippen LogP contribution in [0, 0.1) is 11.8 Å². The van der Waals surface area contributed by atoms with Crippen LogP contribution in [0.5, 0.6) is 0 Å². The molecule has 2 atom stereocenters. The van der Waals surface area contributed by atoms with Crippen molar-refractivity contribution in [3.05, 3.63) is 10.6 Å². The molecule has 2 unspecified atom stereocenters. The molecular weight excluding hydrogens is 244 g/mol. The van der Waals surface area contributed by atoms with Gasteiger partial charge in [0, 0.05) is 13.1 Å². The molecule has 18 heavy (non-hydrogen) atoms.